The van der Waals surface area contributed by atoms with Gasteiger partial charge < -0.3 is 14.4 Å². The molecule has 8 heteroatoms. The van der Waals surface area contributed by atoms with Gasteiger partial charge in [-0.05, 0) is 19.1 Å². The lowest BCUT2D eigenvalue weighted by Crippen LogP contribution is -2.30. The van der Waals surface area contributed by atoms with Crippen LogP contribution in [0.3, 0.4) is 0 Å². The first-order valence-electron chi connectivity index (χ1n) is 9.29. The van der Waals surface area contributed by atoms with Gasteiger partial charge in [-0.25, -0.2) is 19.9 Å². The zero-order valence-electron chi connectivity index (χ0n) is 15.2. The first-order chi connectivity index (χ1) is 13.3. The number of rotatable bonds is 3. The number of fused-ring (bicyclic) bond motifs is 2. The monoisotopic (exact) mass is 360 g/mol. The summed E-state index contributed by atoms with van der Waals surface area (Å²) in [5.74, 6) is 2.82. The molecule has 0 radical (unpaired) electrons. The summed E-state index contributed by atoms with van der Waals surface area (Å²) in [7, 11) is 0. The van der Waals surface area contributed by atoms with Crippen molar-refractivity contribution in [1.29, 1.82) is 5.26 Å². The zero-order valence-corrected chi connectivity index (χ0v) is 15.2. The molecule has 27 heavy (non-hydrogen) atoms. The molecule has 2 aliphatic heterocycles. The lowest BCUT2D eigenvalue weighted by molar-refractivity contribution is 0.533. The molecule has 0 saturated carbocycles. The predicted octanol–water partition coefficient (Wildman–Crippen LogP) is 1.69. The van der Waals surface area contributed by atoms with Gasteiger partial charge in [0, 0.05) is 50.8 Å². The van der Waals surface area contributed by atoms with Crippen LogP contribution in [0.5, 0.6) is 0 Å². The maximum Gasteiger partial charge on any atom is 0.165 e. The van der Waals surface area contributed by atoms with Crippen molar-refractivity contribution in [1.82, 2.24) is 24.5 Å². The number of pyridine rings is 1. The molecule has 136 valence electrons. The minimum absolute atomic E-state index is 0.539. The van der Waals surface area contributed by atoms with Gasteiger partial charge in [-0.1, -0.05) is 0 Å². The summed E-state index contributed by atoms with van der Waals surface area (Å²) in [6.45, 7) is 6.67. The Morgan fingerprint density at radius 1 is 1.04 bits per heavy atom. The maximum absolute atomic E-state index is 9.35. The van der Waals surface area contributed by atoms with Crippen LogP contribution in [0.1, 0.15) is 12.5 Å². The van der Waals surface area contributed by atoms with Crippen molar-refractivity contribution in [2.75, 3.05) is 36.0 Å². The van der Waals surface area contributed by atoms with Gasteiger partial charge in [-0.3, -0.25) is 0 Å². The lowest BCUT2D eigenvalue weighted by Gasteiger charge is -2.23. The van der Waals surface area contributed by atoms with Gasteiger partial charge >= 0.3 is 0 Å². The maximum atomic E-state index is 9.35. The first-order valence-corrected chi connectivity index (χ1v) is 9.29. The number of hydrogen-bond acceptors (Lipinski definition) is 7. The molecule has 0 N–H and O–H groups in total. The quantitative estimate of drug-likeness (QED) is 0.702. The topological polar surface area (TPSA) is 86.8 Å². The van der Waals surface area contributed by atoms with Crippen LogP contribution in [0, 0.1) is 23.2 Å². The average molecular weight is 360 g/mol. The molecule has 8 nitrogen and oxygen atoms in total. The molecule has 3 aromatic heterocycles. The van der Waals surface area contributed by atoms with Gasteiger partial charge in [0.2, 0.25) is 0 Å². The summed E-state index contributed by atoms with van der Waals surface area (Å²) < 4.78 is 2.05. The van der Waals surface area contributed by atoms with Crippen LogP contribution in [0.2, 0.25) is 0 Å². The highest BCUT2D eigenvalue weighted by Crippen LogP contribution is 2.37. The molecule has 0 aromatic carbocycles. The second-order valence-electron chi connectivity index (χ2n) is 7.22. The van der Waals surface area contributed by atoms with E-state index in [9.17, 15) is 5.26 Å². The molecule has 2 fully saturated rings. The van der Waals surface area contributed by atoms with Gasteiger partial charge in [-0.2, -0.15) is 5.26 Å². The Hall–Kier alpha value is -3.21. The van der Waals surface area contributed by atoms with E-state index < -0.39 is 0 Å². The highest BCUT2D eigenvalue weighted by Gasteiger charge is 2.42. The van der Waals surface area contributed by atoms with E-state index in [1.165, 1.54) is 0 Å². The van der Waals surface area contributed by atoms with Crippen LogP contribution in [-0.4, -0.2) is 50.7 Å². The second kappa shape index (κ2) is 6.20. The third-order valence-electron chi connectivity index (χ3n) is 5.72. The third kappa shape index (κ3) is 2.50. The van der Waals surface area contributed by atoms with Crippen molar-refractivity contribution >= 4 is 22.8 Å². The number of anilines is 2. The number of nitriles is 1. The van der Waals surface area contributed by atoms with Crippen molar-refractivity contribution in [3.63, 3.8) is 0 Å². The van der Waals surface area contributed by atoms with Gasteiger partial charge in [-0.15, -0.1) is 0 Å². The number of imidazole rings is 1. The summed E-state index contributed by atoms with van der Waals surface area (Å²) >= 11 is 0. The summed E-state index contributed by atoms with van der Waals surface area (Å²) in [5, 5.41) is 9.35. The van der Waals surface area contributed by atoms with Crippen molar-refractivity contribution in [3.05, 3.63) is 36.5 Å². The van der Waals surface area contributed by atoms with Crippen LogP contribution in [0.25, 0.3) is 11.2 Å². The molecule has 5 rings (SSSR count). The van der Waals surface area contributed by atoms with Gasteiger partial charge in [0.15, 0.2) is 17.0 Å². The molecular formula is C19H20N8. The van der Waals surface area contributed by atoms with Crippen LogP contribution < -0.4 is 9.80 Å². The molecule has 0 spiro atoms. The van der Waals surface area contributed by atoms with Crippen LogP contribution in [0.4, 0.5) is 11.6 Å². The number of nitrogens with zero attached hydrogens (tertiary/aromatic N) is 8. The number of aromatic nitrogens is 5. The fourth-order valence-electron chi connectivity index (χ4n) is 4.41. The van der Waals surface area contributed by atoms with Crippen molar-refractivity contribution in [3.8, 4) is 6.07 Å². The van der Waals surface area contributed by atoms with E-state index in [4.69, 9.17) is 0 Å². The number of hydrogen-bond donors (Lipinski definition) is 0. The summed E-state index contributed by atoms with van der Waals surface area (Å²) in [6.07, 6.45) is 5.24. The minimum Gasteiger partial charge on any atom is -0.355 e. The highest BCUT2D eigenvalue weighted by molar-refractivity contribution is 5.83. The third-order valence-corrected chi connectivity index (χ3v) is 5.72. The van der Waals surface area contributed by atoms with E-state index in [-0.39, 0.29) is 0 Å². The van der Waals surface area contributed by atoms with Crippen molar-refractivity contribution in [2.24, 2.45) is 11.8 Å². The molecular weight excluding hydrogens is 340 g/mol. The standard InChI is InChI=1S/C19H20N8/c1-2-25-12-24-16-18(25)22-11-23-19(16)27-9-14-7-26(8-15(14)10-27)17-13(6-20)4-3-5-21-17/h3-5,11-12,14-15H,2,7-10H2,1H3. The fourth-order valence-corrected chi connectivity index (χ4v) is 4.41. The Balaban J connectivity index is 1.38. The van der Waals surface area contributed by atoms with E-state index in [1.54, 1.807) is 12.5 Å². The Labute approximate surface area is 157 Å². The van der Waals surface area contributed by atoms with Crippen molar-refractivity contribution < 1.29 is 0 Å². The summed E-state index contributed by atoms with van der Waals surface area (Å²) in [6, 6.07) is 5.91. The van der Waals surface area contributed by atoms with E-state index in [1.807, 2.05) is 23.0 Å². The molecule has 2 unspecified atom stereocenters. The average Bonchev–Trinajstić information content (AvgIpc) is 3.40. The molecule has 2 atom stereocenters. The second-order valence-corrected chi connectivity index (χ2v) is 7.22. The van der Waals surface area contributed by atoms with Crippen LogP contribution in [-0.2, 0) is 6.54 Å². The van der Waals surface area contributed by atoms with E-state index in [0.29, 0.717) is 17.4 Å². The molecule has 2 aliphatic rings. The van der Waals surface area contributed by atoms with E-state index in [0.717, 1.165) is 55.5 Å². The van der Waals surface area contributed by atoms with Crippen LogP contribution in [0.15, 0.2) is 31.0 Å². The normalized spacial score (nSPS) is 21.6. The largest absolute Gasteiger partial charge is 0.355 e. The number of aryl methyl sites for hydroxylation is 1. The van der Waals surface area contributed by atoms with Gasteiger partial charge in [0.05, 0.1) is 11.9 Å². The van der Waals surface area contributed by atoms with Gasteiger partial charge in [0.25, 0.3) is 0 Å². The van der Waals surface area contributed by atoms with Gasteiger partial charge in [0.1, 0.15) is 18.2 Å². The predicted molar refractivity (Wildman–Crippen MR) is 101 cm³/mol. The van der Waals surface area contributed by atoms with Crippen molar-refractivity contribution in [2.45, 2.75) is 13.5 Å². The Morgan fingerprint density at radius 3 is 2.48 bits per heavy atom. The first kappa shape index (κ1) is 16.0. The zero-order chi connectivity index (χ0) is 18.4. The molecule has 0 amide bonds. The van der Waals surface area contributed by atoms with Crippen LogP contribution >= 0.6 is 0 Å². The SMILES string of the molecule is CCn1cnc2c(N3CC4CN(c5ncccc5C#N)CC4C3)ncnc21. The Kier molecular flexibility index (Phi) is 3.67. The lowest BCUT2D eigenvalue weighted by atomic mass is 10.0. The molecule has 2 saturated heterocycles. The smallest absolute Gasteiger partial charge is 0.165 e. The highest BCUT2D eigenvalue weighted by atomic mass is 15.3. The summed E-state index contributed by atoms with van der Waals surface area (Å²) in [5.41, 5.74) is 2.43. The molecule has 5 heterocycles. The van der Waals surface area contributed by atoms with E-state index in [2.05, 4.69) is 42.7 Å². The molecule has 3 aromatic rings. The molecule has 0 bridgehead atoms. The molecule has 0 aliphatic carbocycles. The fraction of sp³-hybridized carbons (Fsp3) is 0.421. The Bertz CT molecular complexity index is 1020. The minimum atomic E-state index is 0.539. The Morgan fingerprint density at radius 2 is 1.78 bits per heavy atom. The van der Waals surface area contributed by atoms with E-state index >= 15 is 0 Å². The summed E-state index contributed by atoms with van der Waals surface area (Å²) in [4.78, 5) is 22.5.